The number of carbonyl (C=O) groups is 2. The van der Waals surface area contributed by atoms with Gasteiger partial charge in [0.1, 0.15) is 5.82 Å². The third kappa shape index (κ3) is 4.82. The van der Waals surface area contributed by atoms with Crippen molar-refractivity contribution in [3.05, 3.63) is 59.1 Å². The molecule has 5 nitrogen and oxygen atoms in total. The minimum Gasteiger partial charge on any atom is -0.455 e. The Hall–Kier alpha value is -2.47. The normalized spacial score (nSPS) is 10.1. The van der Waals surface area contributed by atoms with Crippen LogP contribution < -0.4 is 5.32 Å². The Morgan fingerprint density at radius 3 is 2.64 bits per heavy atom. The highest BCUT2D eigenvalue weighted by Gasteiger charge is 2.10. The fraction of sp³-hybridized carbons (Fsp3) is 0.133. The molecule has 2 aromatic rings. The number of hydrogen-bond donors (Lipinski definition) is 1. The van der Waals surface area contributed by atoms with E-state index in [1.54, 1.807) is 12.1 Å². The highest BCUT2D eigenvalue weighted by molar-refractivity contribution is 6.32. The largest absolute Gasteiger partial charge is 0.455 e. The van der Waals surface area contributed by atoms with E-state index in [4.69, 9.17) is 16.3 Å². The Bertz CT molecular complexity index is 677. The molecule has 2 rings (SSSR count). The maximum atomic E-state index is 12.7. The van der Waals surface area contributed by atoms with Gasteiger partial charge in [-0.25, -0.2) is 9.37 Å². The predicted octanol–water partition coefficient (Wildman–Crippen LogP) is 2.60. The molecular formula is C15H12ClFN2O3. The Morgan fingerprint density at radius 1 is 1.23 bits per heavy atom. The Morgan fingerprint density at radius 2 is 1.95 bits per heavy atom. The summed E-state index contributed by atoms with van der Waals surface area (Å²) in [5.41, 5.74) is 0.936. The molecule has 1 heterocycles. The third-order valence-corrected chi connectivity index (χ3v) is 2.96. The van der Waals surface area contributed by atoms with Gasteiger partial charge in [0, 0.05) is 6.20 Å². The van der Waals surface area contributed by atoms with Crippen LogP contribution in [0.3, 0.4) is 0 Å². The summed E-state index contributed by atoms with van der Waals surface area (Å²) >= 11 is 5.79. The zero-order chi connectivity index (χ0) is 15.9. The Kier molecular flexibility index (Phi) is 5.43. The first kappa shape index (κ1) is 15.9. The Balaban J connectivity index is 1.79. The van der Waals surface area contributed by atoms with Crippen LogP contribution in [0.2, 0.25) is 5.15 Å². The van der Waals surface area contributed by atoms with Crippen molar-refractivity contribution in [2.24, 2.45) is 0 Å². The molecule has 1 N–H and O–H groups in total. The van der Waals surface area contributed by atoms with Crippen LogP contribution in [0.4, 0.5) is 10.1 Å². The van der Waals surface area contributed by atoms with Gasteiger partial charge < -0.3 is 10.1 Å². The maximum Gasteiger partial charge on any atom is 0.310 e. The van der Waals surface area contributed by atoms with Crippen molar-refractivity contribution in [2.75, 3.05) is 11.9 Å². The van der Waals surface area contributed by atoms with E-state index in [2.05, 4.69) is 10.3 Å². The van der Waals surface area contributed by atoms with E-state index >= 15 is 0 Å². The molecule has 0 aliphatic carbocycles. The van der Waals surface area contributed by atoms with Crippen molar-refractivity contribution in [2.45, 2.75) is 6.42 Å². The fourth-order valence-electron chi connectivity index (χ4n) is 1.63. The number of benzene rings is 1. The molecule has 0 saturated carbocycles. The molecule has 22 heavy (non-hydrogen) atoms. The molecule has 0 spiro atoms. The lowest BCUT2D eigenvalue weighted by atomic mass is 10.1. The number of pyridine rings is 1. The molecule has 0 aliphatic rings. The van der Waals surface area contributed by atoms with Gasteiger partial charge in [0.15, 0.2) is 11.8 Å². The summed E-state index contributed by atoms with van der Waals surface area (Å²) in [5.74, 6) is -1.49. The van der Waals surface area contributed by atoms with Crippen LogP contribution in [0.5, 0.6) is 0 Å². The van der Waals surface area contributed by atoms with Crippen molar-refractivity contribution >= 4 is 29.2 Å². The zero-order valence-corrected chi connectivity index (χ0v) is 12.1. The monoisotopic (exact) mass is 322 g/mol. The number of hydrogen-bond acceptors (Lipinski definition) is 4. The number of nitrogens with zero attached hydrogens (tertiary/aromatic N) is 1. The summed E-state index contributed by atoms with van der Waals surface area (Å²) in [7, 11) is 0. The summed E-state index contributed by atoms with van der Waals surface area (Å²) in [6.07, 6.45) is 1.45. The molecule has 0 saturated heterocycles. The van der Waals surface area contributed by atoms with E-state index < -0.39 is 18.5 Å². The van der Waals surface area contributed by atoms with Gasteiger partial charge in [0.25, 0.3) is 5.91 Å². The smallest absolute Gasteiger partial charge is 0.310 e. The number of aromatic nitrogens is 1. The van der Waals surface area contributed by atoms with E-state index in [1.807, 2.05) is 0 Å². The van der Waals surface area contributed by atoms with E-state index in [9.17, 15) is 14.0 Å². The molecule has 0 radical (unpaired) electrons. The summed E-state index contributed by atoms with van der Waals surface area (Å²) in [6, 6.07) is 8.65. The minimum atomic E-state index is -0.584. The number of anilines is 1. The quantitative estimate of drug-likeness (QED) is 0.678. The average Bonchev–Trinajstić information content (AvgIpc) is 2.50. The van der Waals surface area contributed by atoms with Crippen LogP contribution in [0.25, 0.3) is 0 Å². The summed E-state index contributed by atoms with van der Waals surface area (Å²) in [6.45, 7) is -0.439. The number of esters is 1. The predicted molar refractivity (Wildman–Crippen MR) is 78.9 cm³/mol. The maximum absolute atomic E-state index is 12.7. The molecular weight excluding hydrogens is 311 g/mol. The number of carbonyl (C=O) groups excluding carboxylic acids is 2. The zero-order valence-electron chi connectivity index (χ0n) is 11.4. The first-order valence-electron chi connectivity index (χ1n) is 6.35. The van der Waals surface area contributed by atoms with Gasteiger partial charge in [-0.1, -0.05) is 23.7 Å². The van der Waals surface area contributed by atoms with Gasteiger partial charge in [-0.05, 0) is 29.8 Å². The van der Waals surface area contributed by atoms with Crippen molar-refractivity contribution in [1.82, 2.24) is 4.98 Å². The highest BCUT2D eigenvalue weighted by Crippen LogP contribution is 2.17. The number of rotatable bonds is 5. The lowest BCUT2D eigenvalue weighted by molar-refractivity contribution is -0.146. The number of ether oxygens (including phenoxy) is 1. The number of nitrogens with one attached hydrogen (secondary N) is 1. The van der Waals surface area contributed by atoms with E-state index in [0.29, 0.717) is 11.3 Å². The molecule has 114 valence electrons. The molecule has 1 amide bonds. The van der Waals surface area contributed by atoms with Crippen molar-refractivity contribution in [3.8, 4) is 0 Å². The summed E-state index contributed by atoms with van der Waals surface area (Å²) in [4.78, 5) is 27.0. The van der Waals surface area contributed by atoms with Gasteiger partial charge in [-0.15, -0.1) is 0 Å². The van der Waals surface area contributed by atoms with Crippen molar-refractivity contribution < 1.29 is 18.7 Å². The van der Waals surface area contributed by atoms with Crippen LogP contribution in [-0.2, 0) is 20.7 Å². The lowest BCUT2D eigenvalue weighted by Gasteiger charge is -2.07. The van der Waals surface area contributed by atoms with Crippen molar-refractivity contribution in [3.63, 3.8) is 0 Å². The SMILES string of the molecule is O=C(COC(=O)Cc1ccc(F)cc1)Nc1cccnc1Cl. The average molecular weight is 323 g/mol. The van der Waals surface area contributed by atoms with Gasteiger partial charge in [0.05, 0.1) is 12.1 Å². The molecule has 1 aromatic heterocycles. The van der Waals surface area contributed by atoms with Gasteiger partial charge in [0.2, 0.25) is 0 Å². The van der Waals surface area contributed by atoms with Crippen molar-refractivity contribution in [1.29, 1.82) is 0 Å². The molecule has 0 bridgehead atoms. The van der Waals surface area contributed by atoms with Crippen LogP contribution in [0, 0.1) is 5.82 Å². The van der Waals surface area contributed by atoms with Gasteiger partial charge in [-0.2, -0.15) is 0 Å². The number of amides is 1. The first-order chi connectivity index (χ1) is 10.5. The second-order valence-electron chi connectivity index (χ2n) is 4.35. The molecule has 0 unspecified atom stereocenters. The molecule has 7 heteroatoms. The highest BCUT2D eigenvalue weighted by atomic mass is 35.5. The number of halogens is 2. The Labute approximate surface area is 131 Å². The van der Waals surface area contributed by atoms with Crippen LogP contribution in [0.1, 0.15) is 5.56 Å². The van der Waals surface area contributed by atoms with Crippen LogP contribution in [-0.4, -0.2) is 23.5 Å². The second kappa shape index (κ2) is 7.51. The lowest BCUT2D eigenvalue weighted by Crippen LogP contribution is -2.21. The second-order valence-corrected chi connectivity index (χ2v) is 4.71. The van der Waals surface area contributed by atoms with E-state index in [-0.39, 0.29) is 17.4 Å². The first-order valence-corrected chi connectivity index (χ1v) is 6.73. The third-order valence-electron chi connectivity index (χ3n) is 2.66. The molecule has 0 aliphatic heterocycles. The molecule has 1 aromatic carbocycles. The van der Waals surface area contributed by atoms with Crippen LogP contribution in [0.15, 0.2) is 42.6 Å². The molecule has 0 atom stereocenters. The summed E-state index contributed by atoms with van der Waals surface area (Å²) < 4.78 is 17.6. The van der Waals surface area contributed by atoms with Crippen LogP contribution >= 0.6 is 11.6 Å². The minimum absolute atomic E-state index is 0.0405. The topological polar surface area (TPSA) is 68.3 Å². The van der Waals surface area contributed by atoms with Gasteiger partial charge >= 0.3 is 5.97 Å². The molecule has 0 fully saturated rings. The summed E-state index contributed by atoms with van der Waals surface area (Å²) in [5, 5.41) is 2.62. The van der Waals surface area contributed by atoms with E-state index in [1.165, 1.54) is 30.5 Å². The van der Waals surface area contributed by atoms with Gasteiger partial charge in [-0.3, -0.25) is 9.59 Å². The fourth-order valence-corrected chi connectivity index (χ4v) is 1.80. The standard InChI is InChI=1S/C15H12ClFN2O3/c16-15-12(2-1-7-18-15)19-13(20)9-22-14(21)8-10-3-5-11(17)6-4-10/h1-7H,8-9H2,(H,19,20). The van der Waals surface area contributed by atoms with E-state index in [0.717, 1.165) is 0 Å².